The quantitative estimate of drug-likeness (QED) is 0.622. The molecule has 2 aliphatic heterocycles. The van der Waals surface area contributed by atoms with E-state index in [-0.39, 0.29) is 31.3 Å². The van der Waals surface area contributed by atoms with Gasteiger partial charge in [0.1, 0.15) is 12.2 Å². The number of amides is 2. The smallest absolute Gasteiger partial charge is 0.319 e. The molecule has 4 N–H and O–H groups in total. The monoisotopic (exact) mass is 369 g/mol. The summed E-state index contributed by atoms with van der Waals surface area (Å²) in [4.78, 5) is 14.3. The number of nitrogens with one attached hydrogen (secondary N) is 2. The van der Waals surface area contributed by atoms with Gasteiger partial charge in [-0.15, -0.1) is 0 Å². The van der Waals surface area contributed by atoms with Crippen molar-refractivity contribution in [1.82, 2.24) is 10.2 Å². The highest BCUT2D eigenvalue weighted by Crippen LogP contribution is 2.28. The Balaban J connectivity index is 1.57. The Labute approximate surface area is 151 Å². The molecule has 7 nitrogen and oxygen atoms in total. The third-order valence-corrected chi connectivity index (χ3v) is 4.98. The Kier molecular flexibility index (Phi) is 6.14. The number of likely N-dealkylation sites (tertiary alicyclic amines) is 1. The Morgan fingerprint density at radius 3 is 2.76 bits per heavy atom. The predicted octanol–water partition coefficient (Wildman–Crippen LogP) is 1.05. The van der Waals surface area contributed by atoms with Crippen LogP contribution in [0.15, 0.2) is 24.3 Å². The van der Waals surface area contributed by atoms with Crippen LogP contribution in [-0.4, -0.2) is 71.7 Å². The molecular weight excluding hydrogens is 346 g/mol. The molecule has 0 radical (unpaired) electrons. The van der Waals surface area contributed by atoms with Gasteiger partial charge >= 0.3 is 6.03 Å². The van der Waals surface area contributed by atoms with E-state index < -0.39 is 12.2 Å². The minimum absolute atomic E-state index is 0.217. The van der Waals surface area contributed by atoms with Crippen molar-refractivity contribution in [3.63, 3.8) is 0 Å². The second-order valence-electron chi connectivity index (χ2n) is 6.47. The Bertz CT molecular complexity index is 597. The SMILES string of the molecule is O=C(NCC1OC(CO)C(O)C1N1CCCC1)Nc1cccc(Cl)c1. The van der Waals surface area contributed by atoms with Gasteiger partial charge in [0, 0.05) is 17.3 Å². The van der Waals surface area contributed by atoms with Crippen LogP contribution < -0.4 is 10.6 Å². The van der Waals surface area contributed by atoms with Gasteiger partial charge in [-0.05, 0) is 44.1 Å². The highest BCUT2D eigenvalue weighted by molar-refractivity contribution is 6.30. The van der Waals surface area contributed by atoms with Gasteiger partial charge in [-0.3, -0.25) is 4.90 Å². The summed E-state index contributed by atoms with van der Waals surface area (Å²) in [7, 11) is 0. The highest BCUT2D eigenvalue weighted by Gasteiger charge is 2.46. The summed E-state index contributed by atoms with van der Waals surface area (Å²) >= 11 is 5.90. The van der Waals surface area contributed by atoms with E-state index in [1.54, 1.807) is 24.3 Å². The number of ether oxygens (including phenoxy) is 1. The zero-order valence-electron chi connectivity index (χ0n) is 13.9. The molecule has 1 aromatic carbocycles. The number of rotatable bonds is 5. The predicted molar refractivity (Wildman–Crippen MR) is 94.8 cm³/mol. The molecule has 3 rings (SSSR count). The van der Waals surface area contributed by atoms with Crippen LogP contribution in [0.4, 0.5) is 10.5 Å². The number of urea groups is 1. The number of aliphatic hydroxyl groups is 2. The average Bonchev–Trinajstić information content (AvgIpc) is 3.20. The van der Waals surface area contributed by atoms with Crippen LogP contribution >= 0.6 is 11.6 Å². The van der Waals surface area contributed by atoms with E-state index in [2.05, 4.69) is 15.5 Å². The van der Waals surface area contributed by atoms with E-state index in [9.17, 15) is 15.0 Å². The third-order valence-electron chi connectivity index (χ3n) is 4.75. The van der Waals surface area contributed by atoms with Crippen molar-refractivity contribution in [2.24, 2.45) is 0 Å². The molecule has 2 saturated heterocycles. The molecule has 0 aromatic heterocycles. The summed E-state index contributed by atoms with van der Waals surface area (Å²) in [6.07, 6.45) is 0.430. The highest BCUT2D eigenvalue weighted by atomic mass is 35.5. The maximum Gasteiger partial charge on any atom is 0.319 e. The minimum atomic E-state index is -0.758. The number of aliphatic hydroxyl groups excluding tert-OH is 2. The fourth-order valence-electron chi connectivity index (χ4n) is 3.57. The molecule has 25 heavy (non-hydrogen) atoms. The van der Waals surface area contributed by atoms with Gasteiger partial charge in [-0.25, -0.2) is 4.79 Å². The van der Waals surface area contributed by atoms with Gasteiger partial charge in [-0.1, -0.05) is 17.7 Å². The number of carbonyl (C=O) groups excluding carboxylic acids is 1. The first-order chi connectivity index (χ1) is 12.1. The van der Waals surface area contributed by atoms with Crippen molar-refractivity contribution in [3.05, 3.63) is 29.3 Å². The number of carbonyl (C=O) groups is 1. The summed E-state index contributed by atoms with van der Waals surface area (Å²) in [5.41, 5.74) is 0.599. The fraction of sp³-hybridized carbons (Fsp3) is 0.588. The average molecular weight is 370 g/mol. The molecule has 1 aromatic rings. The number of hydrogen-bond acceptors (Lipinski definition) is 5. The maximum absolute atomic E-state index is 12.1. The van der Waals surface area contributed by atoms with Crippen LogP contribution in [0.25, 0.3) is 0 Å². The third kappa shape index (κ3) is 4.43. The lowest BCUT2D eigenvalue weighted by atomic mass is 10.0. The molecule has 4 atom stereocenters. The molecule has 2 aliphatic rings. The van der Waals surface area contributed by atoms with E-state index in [0.29, 0.717) is 10.7 Å². The lowest BCUT2D eigenvalue weighted by molar-refractivity contribution is -0.0205. The van der Waals surface area contributed by atoms with E-state index in [1.807, 2.05) is 0 Å². The Morgan fingerprint density at radius 1 is 1.32 bits per heavy atom. The van der Waals surface area contributed by atoms with Crippen molar-refractivity contribution in [2.75, 3.05) is 31.6 Å². The second kappa shape index (κ2) is 8.33. The Morgan fingerprint density at radius 2 is 2.08 bits per heavy atom. The molecule has 2 amide bonds. The van der Waals surface area contributed by atoms with Gasteiger partial charge in [0.25, 0.3) is 0 Å². The van der Waals surface area contributed by atoms with Crippen LogP contribution in [0.5, 0.6) is 0 Å². The van der Waals surface area contributed by atoms with Crippen LogP contribution in [0.2, 0.25) is 5.02 Å². The maximum atomic E-state index is 12.1. The normalized spacial score (nSPS) is 29.7. The molecule has 8 heteroatoms. The molecule has 4 unspecified atom stereocenters. The van der Waals surface area contributed by atoms with Crippen molar-refractivity contribution < 1.29 is 19.7 Å². The number of anilines is 1. The van der Waals surface area contributed by atoms with Crippen LogP contribution in [-0.2, 0) is 4.74 Å². The lowest BCUT2D eigenvalue weighted by Crippen LogP contribution is -2.50. The first kappa shape index (κ1) is 18.4. The van der Waals surface area contributed by atoms with Gasteiger partial charge in [0.15, 0.2) is 0 Å². The molecule has 0 spiro atoms. The van der Waals surface area contributed by atoms with Gasteiger partial charge < -0.3 is 25.6 Å². The van der Waals surface area contributed by atoms with Gasteiger partial charge in [-0.2, -0.15) is 0 Å². The summed E-state index contributed by atoms with van der Waals surface area (Å²) in [5.74, 6) is 0. The molecule has 138 valence electrons. The first-order valence-corrected chi connectivity index (χ1v) is 8.95. The summed E-state index contributed by atoms with van der Waals surface area (Å²) in [6.45, 7) is 1.81. The number of hydrogen-bond donors (Lipinski definition) is 4. The van der Waals surface area contributed by atoms with Crippen LogP contribution in [0.1, 0.15) is 12.8 Å². The van der Waals surface area contributed by atoms with Crippen LogP contribution in [0.3, 0.4) is 0 Å². The van der Waals surface area contributed by atoms with Crippen molar-refractivity contribution in [3.8, 4) is 0 Å². The number of nitrogens with zero attached hydrogens (tertiary/aromatic N) is 1. The molecule has 0 aliphatic carbocycles. The number of halogens is 1. The van der Waals surface area contributed by atoms with E-state index in [1.165, 1.54) is 0 Å². The van der Waals surface area contributed by atoms with Crippen molar-refractivity contribution in [1.29, 1.82) is 0 Å². The molecule has 0 saturated carbocycles. The molecule has 0 bridgehead atoms. The summed E-state index contributed by atoms with van der Waals surface area (Å²) in [6, 6.07) is 6.30. The largest absolute Gasteiger partial charge is 0.394 e. The summed E-state index contributed by atoms with van der Waals surface area (Å²) < 4.78 is 5.76. The van der Waals surface area contributed by atoms with E-state index >= 15 is 0 Å². The Hall–Kier alpha value is -1.38. The van der Waals surface area contributed by atoms with Gasteiger partial charge in [0.05, 0.1) is 18.8 Å². The van der Waals surface area contributed by atoms with Crippen molar-refractivity contribution in [2.45, 2.75) is 37.2 Å². The van der Waals surface area contributed by atoms with Gasteiger partial charge in [0.2, 0.25) is 0 Å². The van der Waals surface area contributed by atoms with E-state index in [0.717, 1.165) is 25.9 Å². The van der Waals surface area contributed by atoms with Crippen molar-refractivity contribution >= 4 is 23.3 Å². The second-order valence-corrected chi connectivity index (χ2v) is 6.90. The zero-order valence-corrected chi connectivity index (χ0v) is 14.7. The van der Waals surface area contributed by atoms with Crippen LogP contribution in [0, 0.1) is 0 Å². The minimum Gasteiger partial charge on any atom is -0.394 e. The zero-order chi connectivity index (χ0) is 17.8. The molecule has 2 heterocycles. The lowest BCUT2D eigenvalue weighted by Gasteiger charge is -2.30. The van der Waals surface area contributed by atoms with E-state index in [4.69, 9.17) is 16.3 Å². The topological polar surface area (TPSA) is 94.1 Å². The molecule has 2 fully saturated rings. The first-order valence-electron chi connectivity index (χ1n) is 8.57. The summed E-state index contributed by atoms with van der Waals surface area (Å²) in [5, 5.41) is 25.9. The molecular formula is C17H24ClN3O4. The number of benzene rings is 1. The fourth-order valence-corrected chi connectivity index (χ4v) is 3.76. The standard InChI is InChI=1S/C17H24ClN3O4/c18-11-4-3-5-12(8-11)20-17(24)19-9-13-15(21-6-1-2-7-21)16(23)14(10-22)25-13/h3-5,8,13-16,22-23H,1-2,6-7,9-10H2,(H2,19,20,24).